The molecule has 1 fully saturated rings. The van der Waals surface area contributed by atoms with E-state index in [0.717, 1.165) is 35.1 Å². The van der Waals surface area contributed by atoms with Gasteiger partial charge in [0.1, 0.15) is 11.6 Å². The summed E-state index contributed by atoms with van der Waals surface area (Å²) in [5, 5.41) is 12.0. The Labute approximate surface area is 257 Å². The largest absolute Gasteiger partial charge is 0.481 e. The van der Waals surface area contributed by atoms with Crippen LogP contribution in [0.2, 0.25) is 0 Å². The number of rotatable bonds is 11. The van der Waals surface area contributed by atoms with Gasteiger partial charge in [0, 0.05) is 42.2 Å². The molecule has 3 heterocycles. The molecule has 1 aliphatic carbocycles. The Hall–Kier alpha value is -4.64. The molecule has 1 N–H and O–H groups in total. The number of benzene rings is 2. The number of carboxylic acids is 1. The van der Waals surface area contributed by atoms with Crippen molar-refractivity contribution in [1.29, 1.82) is 0 Å². The topological polar surface area (TPSA) is 113 Å². The molecule has 9 nitrogen and oxygen atoms in total. The lowest BCUT2D eigenvalue weighted by Gasteiger charge is -2.25. The lowest BCUT2D eigenvalue weighted by molar-refractivity contribution is -0.140. The van der Waals surface area contributed by atoms with E-state index in [1.807, 2.05) is 47.8 Å². The molecule has 1 unspecified atom stereocenters. The van der Waals surface area contributed by atoms with Crippen molar-refractivity contribution in [2.24, 2.45) is 5.92 Å². The summed E-state index contributed by atoms with van der Waals surface area (Å²) in [7, 11) is 1.71. The molecule has 2 aromatic heterocycles. The van der Waals surface area contributed by atoms with E-state index in [2.05, 4.69) is 4.98 Å². The van der Waals surface area contributed by atoms with Crippen molar-refractivity contribution < 1.29 is 28.6 Å². The first-order valence-corrected chi connectivity index (χ1v) is 15.3. The molecule has 2 aromatic carbocycles. The Balaban J connectivity index is 1.36. The fraction of sp³-hybridized carbons (Fsp3) is 0.303. The van der Waals surface area contributed by atoms with Gasteiger partial charge in [-0.1, -0.05) is 30.3 Å². The van der Waals surface area contributed by atoms with E-state index < -0.39 is 18.7 Å². The zero-order valence-corrected chi connectivity index (χ0v) is 24.9. The van der Waals surface area contributed by atoms with Gasteiger partial charge >= 0.3 is 5.97 Å². The molecule has 0 radical (unpaired) electrons. The van der Waals surface area contributed by atoms with Gasteiger partial charge in [0.05, 0.1) is 18.0 Å². The number of aliphatic carboxylic acids is 1. The summed E-state index contributed by atoms with van der Waals surface area (Å²) in [5.74, 6) is -1.05. The van der Waals surface area contributed by atoms with E-state index in [9.17, 15) is 23.9 Å². The predicted octanol–water partition coefficient (Wildman–Crippen LogP) is 5.92. The minimum Gasteiger partial charge on any atom is -0.481 e. The van der Waals surface area contributed by atoms with Crippen molar-refractivity contribution >= 4 is 40.1 Å². The zero-order chi connectivity index (χ0) is 30.8. The Bertz CT molecular complexity index is 1710. The molecule has 2 aliphatic rings. The zero-order valence-electron chi connectivity index (χ0n) is 24.1. The molecule has 0 bridgehead atoms. The van der Waals surface area contributed by atoms with Gasteiger partial charge < -0.3 is 9.84 Å². The van der Waals surface area contributed by atoms with Crippen LogP contribution in [0.4, 0.5) is 15.3 Å². The average molecular weight is 615 g/mol. The monoisotopic (exact) mass is 614 g/mol. The Morgan fingerprint density at radius 2 is 1.93 bits per heavy atom. The van der Waals surface area contributed by atoms with E-state index in [-0.39, 0.29) is 24.3 Å². The Morgan fingerprint density at radius 1 is 1.14 bits per heavy atom. The van der Waals surface area contributed by atoms with Crippen LogP contribution in [-0.4, -0.2) is 52.8 Å². The molecule has 1 aliphatic heterocycles. The van der Waals surface area contributed by atoms with Crippen LogP contribution in [-0.2, 0) is 27.2 Å². The number of thiazole rings is 1. The minimum atomic E-state index is -1.03. The number of halogens is 1. The maximum absolute atomic E-state index is 14.0. The lowest BCUT2D eigenvalue weighted by atomic mass is 9.94. The SMILES string of the molecule is CN1C(=O)CCc2cc(-c3ccc(OCF)cc3-c3csc(N(C(=O)C(CC(=O)O)Cc4ccccc4)C4CC4)n3)cnc21. The molecular weight excluding hydrogens is 583 g/mol. The molecule has 0 spiro atoms. The number of fused-ring (bicyclic) bond motifs is 1. The van der Waals surface area contributed by atoms with Gasteiger partial charge in [0.2, 0.25) is 18.7 Å². The Kier molecular flexibility index (Phi) is 8.38. The second kappa shape index (κ2) is 12.5. The van der Waals surface area contributed by atoms with E-state index in [0.29, 0.717) is 47.2 Å². The van der Waals surface area contributed by atoms with E-state index in [1.54, 1.807) is 35.2 Å². The number of aromatic nitrogens is 2. The van der Waals surface area contributed by atoms with Crippen LogP contribution in [0, 0.1) is 5.92 Å². The number of anilines is 2. The molecule has 6 rings (SSSR count). The highest BCUT2D eigenvalue weighted by Gasteiger charge is 2.39. The first-order chi connectivity index (χ1) is 21.3. The van der Waals surface area contributed by atoms with Gasteiger partial charge in [0.25, 0.3) is 0 Å². The van der Waals surface area contributed by atoms with Crippen molar-refractivity contribution in [3.8, 4) is 28.1 Å². The third-order valence-electron chi connectivity index (χ3n) is 7.98. The summed E-state index contributed by atoms with van der Waals surface area (Å²) in [6, 6.07) is 16.6. The van der Waals surface area contributed by atoms with E-state index >= 15 is 0 Å². The molecule has 0 saturated heterocycles. The van der Waals surface area contributed by atoms with Crippen LogP contribution in [0.25, 0.3) is 22.4 Å². The number of aryl methyl sites for hydroxylation is 1. The van der Waals surface area contributed by atoms with Crippen LogP contribution in [0.1, 0.15) is 36.8 Å². The maximum Gasteiger partial charge on any atom is 0.304 e. The van der Waals surface area contributed by atoms with Crippen molar-refractivity contribution in [1.82, 2.24) is 9.97 Å². The molecule has 2 amide bonds. The van der Waals surface area contributed by atoms with E-state index in [1.165, 1.54) is 11.3 Å². The summed E-state index contributed by atoms with van der Waals surface area (Å²) in [6.45, 7) is -0.988. The first kappa shape index (κ1) is 29.4. The lowest BCUT2D eigenvalue weighted by Crippen LogP contribution is -2.39. The van der Waals surface area contributed by atoms with Crippen LogP contribution < -0.4 is 14.5 Å². The number of ether oxygens (including phenoxy) is 1. The number of carboxylic acid groups (broad SMARTS) is 1. The first-order valence-electron chi connectivity index (χ1n) is 14.5. The van der Waals surface area contributed by atoms with Gasteiger partial charge in [0.15, 0.2) is 5.13 Å². The van der Waals surface area contributed by atoms with Crippen LogP contribution in [0.5, 0.6) is 5.75 Å². The fourth-order valence-electron chi connectivity index (χ4n) is 5.62. The second-order valence-electron chi connectivity index (χ2n) is 11.1. The van der Waals surface area contributed by atoms with Crippen LogP contribution in [0.15, 0.2) is 66.2 Å². The normalized spacial score (nSPS) is 15.0. The Morgan fingerprint density at radius 3 is 2.66 bits per heavy atom. The van der Waals surface area contributed by atoms with Crippen molar-refractivity contribution in [3.05, 3.63) is 77.3 Å². The van der Waals surface area contributed by atoms with Gasteiger partial charge in [-0.3, -0.25) is 24.2 Å². The second-order valence-corrected chi connectivity index (χ2v) is 11.9. The highest BCUT2D eigenvalue weighted by atomic mass is 32.1. The maximum atomic E-state index is 14.0. The summed E-state index contributed by atoms with van der Waals surface area (Å²) in [4.78, 5) is 50.6. The predicted molar refractivity (Wildman–Crippen MR) is 166 cm³/mol. The summed E-state index contributed by atoms with van der Waals surface area (Å²) < 4.78 is 18.3. The van der Waals surface area contributed by atoms with Gasteiger partial charge in [-0.25, -0.2) is 14.4 Å². The van der Waals surface area contributed by atoms with Crippen LogP contribution >= 0.6 is 11.3 Å². The number of alkyl halides is 1. The van der Waals surface area contributed by atoms with Crippen LogP contribution in [0.3, 0.4) is 0 Å². The molecular formula is C33H31FN4O5S. The molecule has 226 valence electrons. The van der Waals surface area contributed by atoms with Gasteiger partial charge in [-0.2, -0.15) is 0 Å². The van der Waals surface area contributed by atoms with Crippen molar-refractivity contribution in [2.45, 2.75) is 44.6 Å². The molecule has 11 heteroatoms. The van der Waals surface area contributed by atoms with Crippen molar-refractivity contribution in [2.75, 3.05) is 23.7 Å². The number of hydrogen-bond donors (Lipinski definition) is 1. The molecule has 1 atom stereocenters. The number of hydrogen-bond acceptors (Lipinski definition) is 7. The van der Waals surface area contributed by atoms with Gasteiger partial charge in [-0.15, -0.1) is 11.3 Å². The highest BCUT2D eigenvalue weighted by Crippen LogP contribution is 2.41. The number of carbonyl (C=O) groups is 3. The quantitative estimate of drug-likeness (QED) is 0.223. The van der Waals surface area contributed by atoms with Crippen molar-refractivity contribution in [3.63, 3.8) is 0 Å². The molecule has 44 heavy (non-hydrogen) atoms. The van der Waals surface area contributed by atoms with E-state index in [4.69, 9.17) is 9.72 Å². The number of pyridine rings is 1. The standard InChI is InChI=1S/C33H31FN4O5S/c1-37-29(39)12-7-21-14-23(17-35-31(21)37)26-11-10-25(43-19-34)16-27(26)28-18-44-33(36-28)38(24-8-9-24)32(42)22(15-30(40)41)13-20-5-3-2-4-6-20/h2-6,10-11,14,16-18,22,24H,7-9,12-13,15,19H2,1H3,(H,40,41). The highest BCUT2D eigenvalue weighted by molar-refractivity contribution is 7.14. The third kappa shape index (κ3) is 6.19. The fourth-order valence-corrected chi connectivity index (χ4v) is 6.52. The summed E-state index contributed by atoms with van der Waals surface area (Å²) in [6.07, 6.45) is 4.34. The minimum absolute atomic E-state index is 0.0188. The third-order valence-corrected chi connectivity index (χ3v) is 8.82. The average Bonchev–Trinajstić information content (AvgIpc) is 3.74. The van der Waals surface area contributed by atoms with Gasteiger partial charge in [-0.05, 0) is 66.6 Å². The smallest absolute Gasteiger partial charge is 0.304 e. The number of amides is 2. The molecule has 4 aromatic rings. The summed E-state index contributed by atoms with van der Waals surface area (Å²) >= 11 is 1.31. The summed E-state index contributed by atoms with van der Waals surface area (Å²) in [5.41, 5.74) is 4.70. The number of nitrogens with zero attached hydrogens (tertiary/aromatic N) is 4. The number of carbonyl (C=O) groups excluding carboxylic acids is 2. The molecule has 1 saturated carbocycles.